The van der Waals surface area contributed by atoms with Crippen LogP contribution in [0.1, 0.15) is 10.4 Å². The van der Waals surface area contributed by atoms with Crippen LogP contribution in [0.3, 0.4) is 0 Å². The highest BCUT2D eigenvalue weighted by Crippen LogP contribution is 2.15. The van der Waals surface area contributed by atoms with Crippen LogP contribution in [0.5, 0.6) is 0 Å². The maximum atomic E-state index is 11.8. The molecule has 9 nitrogen and oxygen atoms in total. The molecule has 0 fully saturated rings. The number of anilines is 2. The van der Waals surface area contributed by atoms with Crippen molar-refractivity contribution in [1.82, 2.24) is 9.97 Å². The smallest absolute Gasteiger partial charge is 0.345 e. The van der Waals surface area contributed by atoms with Crippen LogP contribution in [-0.4, -0.2) is 42.5 Å². The highest BCUT2D eigenvalue weighted by atomic mass is 16.5. The van der Waals surface area contributed by atoms with Crippen molar-refractivity contribution < 1.29 is 14.3 Å². The summed E-state index contributed by atoms with van der Waals surface area (Å²) >= 11 is 0. The largest absolute Gasteiger partial charge is 0.452 e. The molecule has 2 aromatic rings. The average Bonchev–Trinajstić information content (AvgIpc) is 2.53. The van der Waals surface area contributed by atoms with Crippen molar-refractivity contribution in [3.63, 3.8) is 0 Å². The number of benzene rings is 1. The van der Waals surface area contributed by atoms with Gasteiger partial charge in [-0.2, -0.15) is 0 Å². The van der Waals surface area contributed by atoms with Gasteiger partial charge in [-0.25, -0.2) is 9.59 Å². The number of rotatable bonds is 5. The zero-order chi connectivity index (χ0) is 17.7. The maximum Gasteiger partial charge on any atom is 0.345 e. The molecule has 0 aliphatic rings. The monoisotopic (exact) mass is 332 g/mol. The van der Waals surface area contributed by atoms with Gasteiger partial charge < -0.3 is 19.9 Å². The molecule has 1 aromatic carbocycles. The topological polar surface area (TPSA) is 124 Å². The molecule has 1 aromatic heterocycles. The lowest BCUT2D eigenvalue weighted by Gasteiger charge is -2.13. The highest BCUT2D eigenvalue weighted by Gasteiger charge is 2.14. The van der Waals surface area contributed by atoms with Gasteiger partial charge in [0.25, 0.3) is 11.5 Å². The highest BCUT2D eigenvalue weighted by molar-refractivity contribution is 5.95. The summed E-state index contributed by atoms with van der Waals surface area (Å²) in [6, 6.07) is 7.06. The predicted molar refractivity (Wildman–Crippen MR) is 87.4 cm³/mol. The normalized spacial score (nSPS) is 10.1. The van der Waals surface area contributed by atoms with E-state index in [1.54, 1.807) is 12.1 Å². The van der Waals surface area contributed by atoms with Crippen molar-refractivity contribution in [3.8, 4) is 0 Å². The van der Waals surface area contributed by atoms with Gasteiger partial charge in [-0.3, -0.25) is 14.6 Å². The summed E-state index contributed by atoms with van der Waals surface area (Å²) in [7, 11) is 3.79. The molecule has 2 rings (SSSR count). The number of carbonyl (C=O) groups is 2. The van der Waals surface area contributed by atoms with Gasteiger partial charge in [0.2, 0.25) is 0 Å². The summed E-state index contributed by atoms with van der Waals surface area (Å²) < 4.78 is 4.74. The van der Waals surface area contributed by atoms with Crippen molar-refractivity contribution >= 4 is 23.3 Å². The fourth-order valence-corrected chi connectivity index (χ4v) is 1.81. The lowest BCUT2D eigenvalue weighted by atomic mass is 10.2. The summed E-state index contributed by atoms with van der Waals surface area (Å²) in [5.74, 6) is -1.56. The number of H-pyrrole nitrogens is 2. The van der Waals surface area contributed by atoms with Gasteiger partial charge in [0, 0.05) is 31.7 Å². The number of hydrogen-bond acceptors (Lipinski definition) is 6. The number of aromatic nitrogens is 2. The lowest BCUT2D eigenvalue weighted by molar-refractivity contribution is -0.119. The minimum absolute atomic E-state index is 0.391. The fourth-order valence-electron chi connectivity index (χ4n) is 1.81. The van der Waals surface area contributed by atoms with Gasteiger partial charge in [-0.05, 0) is 24.3 Å². The number of esters is 1. The molecular weight excluding hydrogens is 316 g/mol. The molecule has 0 saturated heterocycles. The first-order valence-corrected chi connectivity index (χ1v) is 6.93. The lowest BCUT2D eigenvalue weighted by Crippen LogP contribution is -2.29. The molecule has 0 atom stereocenters. The van der Waals surface area contributed by atoms with Crippen molar-refractivity contribution in [2.24, 2.45) is 0 Å². The molecule has 24 heavy (non-hydrogen) atoms. The van der Waals surface area contributed by atoms with E-state index in [9.17, 15) is 19.2 Å². The van der Waals surface area contributed by atoms with Gasteiger partial charge in [0.1, 0.15) is 5.56 Å². The molecule has 0 aliphatic heterocycles. The molecule has 0 unspecified atom stereocenters. The van der Waals surface area contributed by atoms with Crippen molar-refractivity contribution in [2.45, 2.75) is 0 Å². The van der Waals surface area contributed by atoms with Crippen LogP contribution < -0.4 is 21.5 Å². The number of nitrogens with zero attached hydrogens (tertiary/aromatic N) is 1. The molecule has 0 aliphatic carbocycles. The van der Waals surface area contributed by atoms with E-state index in [1.165, 1.54) is 0 Å². The van der Waals surface area contributed by atoms with Gasteiger partial charge in [0.05, 0.1) is 0 Å². The quantitative estimate of drug-likeness (QED) is 0.658. The van der Waals surface area contributed by atoms with Gasteiger partial charge in [0.15, 0.2) is 6.61 Å². The molecule has 126 valence electrons. The van der Waals surface area contributed by atoms with E-state index >= 15 is 0 Å². The Bertz CT molecular complexity index is 851. The zero-order valence-corrected chi connectivity index (χ0v) is 13.1. The van der Waals surface area contributed by atoms with Gasteiger partial charge in [-0.15, -0.1) is 0 Å². The molecule has 3 N–H and O–H groups in total. The molecule has 9 heteroatoms. The van der Waals surface area contributed by atoms with E-state index < -0.39 is 35.3 Å². The van der Waals surface area contributed by atoms with Gasteiger partial charge >= 0.3 is 11.7 Å². The Morgan fingerprint density at radius 1 is 1.17 bits per heavy atom. The van der Waals surface area contributed by atoms with Crippen molar-refractivity contribution in [3.05, 3.63) is 56.9 Å². The van der Waals surface area contributed by atoms with Crippen LogP contribution >= 0.6 is 0 Å². The summed E-state index contributed by atoms with van der Waals surface area (Å²) in [6.45, 7) is -0.563. The Balaban J connectivity index is 1.92. The standard InChI is InChI=1S/C15H16N4O5/c1-19(2)10-5-3-9(4-6-10)17-12(20)8-24-14(22)11-7-16-15(23)18-13(11)21/h3-7H,8H2,1-2H3,(H,17,20)(H2,16,18,21,23). The van der Waals surface area contributed by atoms with E-state index in [1.807, 2.05) is 36.1 Å². The SMILES string of the molecule is CN(C)c1ccc(NC(=O)COC(=O)c2c[nH]c(=O)[nH]c2=O)cc1. The number of carbonyl (C=O) groups excluding carboxylic acids is 2. The molecule has 0 bridgehead atoms. The zero-order valence-electron chi connectivity index (χ0n) is 13.1. The minimum atomic E-state index is -1.01. The summed E-state index contributed by atoms with van der Waals surface area (Å²) in [5, 5.41) is 2.56. The third-order valence-electron chi connectivity index (χ3n) is 3.04. The van der Waals surface area contributed by atoms with Crippen molar-refractivity contribution in [1.29, 1.82) is 0 Å². The first kappa shape index (κ1) is 17.0. The second kappa shape index (κ2) is 7.27. The second-order valence-electron chi connectivity index (χ2n) is 5.05. The molecule has 0 spiro atoms. The number of nitrogens with one attached hydrogen (secondary N) is 3. The van der Waals surface area contributed by atoms with Crippen LogP contribution in [0.4, 0.5) is 11.4 Å². The Kier molecular flexibility index (Phi) is 5.15. The summed E-state index contributed by atoms with van der Waals surface area (Å²) in [5.41, 5.74) is -0.503. The Labute approximate surface area is 136 Å². The van der Waals surface area contributed by atoms with Crippen LogP contribution in [0, 0.1) is 0 Å². The van der Waals surface area contributed by atoms with E-state index in [-0.39, 0.29) is 0 Å². The number of amides is 1. The molecule has 1 heterocycles. The molecule has 0 saturated carbocycles. The minimum Gasteiger partial charge on any atom is -0.452 e. The Morgan fingerprint density at radius 2 is 1.83 bits per heavy atom. The third-order valence-corrected chi connectivity index (χ3v) is 3.04. The first-order chi connectivity index (χ1) is 11.4. The third kappa shape index (κ3) is 4.32. The van der Waals surface area contributed by atoms with Crippen LogP contribution in [0.2, 0.25) is 0 Å². The predicted octanol–water partition coefficient (Wildman–Crippen LogP) is -0.0753. The van der Waals surface area contributed by atoms with Crippen LogP contribution in [0.15, 0.2) is 40.1 Å². The maximum absolute atomic E-state index is 11.8. The second-order valence-corrected chi connectivity index (χ2v) is 5.05. The number of aromatic amines is 2. The van der Waals surface area contributed by atoms with Gasteiger partial charge in [-0.1, -0.05) is 0 Å². The van der Waals surface area contributed by atoms with E-state index in [4.69, 9.17) is 4.74 Å². The molecule has 0 radical (unpaired) electrons. The average molecular weight is 332 g/mol. The molecular formula is C15H16N4O5. The summed E-state index contributed by atoms with van der Waals surface area (Å²) in [4.78, 5) is 51.7. The summed E-state index contributed by atoms with van der Waals surface area (Å²) in [6.07, 6.45) is 0.932. The van der Waals surface area contributed by atoms with E-state index in [0.29, 0.717) is 5.69 Å². The van der Waals surface area contributed by atoms with Crippen LogP contribution in [0.25, 0.3) is 0 Å². The number of ether oxygens (including phenoxy) is 1. The van der Waals surface area contributed by atoms with Crippen molar-refractivity contribution in [2.75, 3.05) is 30.9 Å². The number of hydrogen-bond donors (Lipinski definition) is 3. The molecule has 1 amide bonds. The Morgan fingerprint density at radius 3 is 2.42 bits per heavy atom. The first-order valence-electron chi connectivity index (χ1n) is 6.93. The Hall–Kier alpha value is -3.36. The van der Waals surface area contributed by atoms with E-state index in [2.05, 4.69) is 10.3 Å². The van der Waals surface area contributed by atoms with E-state index in [0.717, 1.165) is 11.9 Å². The fraction of sp³-hybridized carbons (Fsp3) is 0.200. The van der Waals surface area contributed by atoms with Crippen LogP contribution in [-0.2, 0) is 9.53 Å².